The first-order chi connectivity index (χ1) is 9.45. The van der Waals surface area contributed by atoms with Gasteiger partial charge in [-0.15, -0.1) is 11.8 Å². The van der Waals surface area contributed by atoms with Gasteiger partial charge in [0, 0.05) is 11.4 Å². The van der Waals surface area contributed by atoms with Crippen LogP contribution in [0.5, 0.6) is 0 Å². The highest BCUT2D eigenvalue weighted by molar-refractivity contribution is 8.00. The fourth-order valence-electron chi connectivity index (χ4n) is 2.52. The molecule has 0 saturated carbocycles. The summed E-state index contributed by atoms with van der Waals surface area (Å²) in [6, 6.07) is 7.89. The topological polar surface area (TPSA) is 57.6 Å². The minimum absolute atomic E-state index is 0.0966. The molecule has 2 rings (SSSR count). The van der Waals surface area contributed by atoms with Crippen molar-refractivity contribution in [1.82, 2.24) is 4.90 Å². The van der Waals surface area contributed by atoms with Crippen molar-refractivity contribution in [2.75, 3.05) is 12.3 Å². The van der Waals surface area contributed by atoms with E-state index in [-0.39, 0.29) is 11.7 Å². The number of hydrogen-bond donors (Lipinski definition) is 1. The van der Waals surface area contributed by atoms with Crippen LogP contribution in [0, 0.1) is 6.92 Å². The second-order valence-corrected chi connectivity index (χ2v) is 6.30. The number of hydrogen-bond acceptors (Lipinski definition) is 3. The molecule has 1 fully saturated rings. The number of benzene rings is 1. The van der Waals surface area contributed by atoms with Crippen LogP contribution >= 0.6 is 11.8 Å². The first-order valence-electron chi connectivity index (χ1n) is 6.67. The first kappa shape index (κ1) is 14.9. The van der Waals surface area contributed by atoms with Gasteiger partial charge in [-0.3, -0.25) is 4.79 Å². The van der Waals surface area contributed by atoms with Crippen LogP contribution in [0.1, 0.15) is 25.3 Å². The maximum Gasteiger partial charge on any atom is 0.329 e. The van der Waals surface area contributed by atoms with E-state index in [1.165, 1.54) is 16.7 Å². The molecule has 1 aliphatic rings. The fraction of sp³-hybridized carbons (Fsp3) is 0.467. The quantitative estimate of drug-likeness (QED) is 0.867. The molecule has 0 radical (unpaired) electrons. The predicted molar refractivity (Wildman–Crippen MR) is 78.9 cm³/mol. The maximum atomic E-state index is 12.3. The Morgan fingerprint density at radius 3 is 2.75 bits per heavy atom. The number of nitrogens with zero attached hydrogens (tertiary/aromatic N) is 1. The Morgan fingerprint density at radius 2 is 2.10 bits per heavy atom. The second kappa shape index (κ2) is 5.87. The SMILES string of the molecule is Cc1ccccc1SCC(=O)N1CCCC1(C)C(=O)O. The van der Waals surface area contributed by atoms with E-state index in [2.05, 4.69) is 0 Å². The maximum absolute atomic E-state index is 12.3. The lowest BCUT2D eigenvalue weighted by atomic mass is 9.99. The molecule has 1 aromatic carbocycles. The summed E-state index contributed by atoms with van der Waals surface area (Å²) in [5, 5.41) is 9.32. The number of rotatable bonds is 4. The molecule has 1 aliphatic heterocycles. The summed E-state index contributed by atoms with van der Waals surface area (Å²) in [5.41, 5.74) is 0.0938. The van der Waals surface area contributed by atoms with Gasteiger partial charge < -0.3 is 10.0 Å². The van der Waals surface area contributed by atoms with Crippen LogP contribution in [0.2, 0.25) is 0 Å². The highest BCUT2D eigenvalue weighted by atomic mass is 32.2. The van der Waals surface area contributed by atoms with Gasteiger partial charge in [0.2, 0.25) is 5.91 Å². The third-order valence-electron chi connectivity index (χ3n) is 3.85. The normalized spacial score (nSPS) is 22.0. The number of carbonyl (C=O) groups is 2. The monoisotopic (exact) mass is 293 g/mol. The molecule has 1 heterocycles. The molecule has 0 aromatic heterocycles. The molecule has 20 heavy (non-hydrogen) atoms. The molecule has 0 bridgehead atoms. The number of likely N-dealkylation sites (tertiary alicyclic amines) is 1. The van der Waals surface area contributed by atoms with E-state index in [1.807, 2.05) is 31.2 Å². The summed E-state index contributed by atoms with van der Waals surface area (Å²) in [6.45, 7) is 4.18. The van der Waals surface area contributed by atoms with E-state index < -0.39 is 11.5 Å². The Morgan fingerprint density at radius 1 is 1.40 bits per heavy atom. The highest BCUT2D eigenvalue weighted by Crippen LogP contribution is 2.31. The van der Waals surface area contributed by atoms with Gasteiger partial charge in [0.15, 0.2) is 0 Å². The van der Waals surface area contributed by atoms with E-state index in [0.717, 1.165) is 16.9 Å². The van der Waals surface area contributed by atoms with E-state index in [9.17, 15) is 14.7 Å². The Bertz CT molecular complexity index is 532. The van der Waals surface area contributed by atoms with Crippen molar-refractivity contribution in [2.45, 2.75) is 37.1 Å². The third-order valence-corrected chi connectivity index (χ3v) is 5.01. The minimum Gasteiger partial charge on any atom is -0.480 e. The molecular weight excluding hydrogens is 274 g/mol. The molecule has 108 valence electrons. The number of amides is 1. The zero-order valence-electron chi connectivity index (χ0n) is 11.8. The van der Waals surface area contributed by atoms with Crippen molar-refractivity contribution in [3.8, 4) is 0 Å². The van der Waals surface area contributed by atoms with E-state index >= 15 is 0 Å². The van der Waals surface area contributed by atoms with Crippen LogP contribution in [0.4, 0.5) is 0 Å². The molecule has 1 N–H and O–H groups in total. The van der Waals surface area contributed by atoms with Crippen molar-refractivity contribution in [3.63, 3.8) is 0 Å². The summed E-state index contributed by atoms with van der Waals surface area (Å²) in [6.07, 6.45) is 1.28. The number of aliphatic carboxylic acids is 1. The van der Waals surface area contributed by atoms with Gasteiger partial charge in [0.1, 0.15) is 5.54 Å². The van der Waals surface area contributed by atoms with Crippen molar-refractivity contribution in [1.29, 1.82) is 0 Å². The summed E-state index contributed by atoms with van der Waals surface area (Å²) in [5.74, 6) is -0.724. The summed E-state index contributed by atoms with van der Waals surface area (Å²) >= 11 is 1.47. The highest BCUT2D eigenvalue weighted by Gasteiger charge is 2.45. The number of aryl methyl sites for hydroxylation is 1. The number of carbonyl (C=O) groups excluding carboxylic acids is 1. The van der Waals surface area contributed by atoms with Gasteiger partial charge in [-0.05, 0) is 38.3 Å². The van der Waals surface area contributed by atoms with Gasteiger partial charge in [0.25, 0.3) is 0 Å². The van der Waals surface area contributed by atoms with Crippen molar-refractivity contribution < 1.29 is 14.7 Å². The standard InChI is InChI=1S/C15H19NO3S/c1-11-6-3-4-7-12(11)20-10-13(17)16-9-5-8-15(16,2)14(18)19/h3-4,6-7H,5,8-10H2,1-2H3,(H,18,19). The largest absolute Gasteiger partial charge is 0.480 e. The van der Waals surface area contributed by atoms with Gasteiger partial charge in [-0.2, -0.15) is 0 Å². The van der Waals surface area contributed by atoms with Gasteiger partial charge in [-0.1, -0.05) is 18.2 Å². The Hall–Kier alpha value is -1.49. The fourth-order valence-corrected chi connectivity index (χ4v) is 3.43. The van der Waals surface area contributed by atoms with Crippen LogP contribution in [-0.4, -0.2) is 39.7 Å². The van der Waals surface area contributed by atoms with E-state index in [0.29, 0.717) is 13.0 Å². The second-order valence-electron chi connectivity index (χ2n) is 5.28. The van der Waals surface area contributed by atoms with Crippen LogP contribution in [0.3, 0.4) is 0 Å². The zero-order valence-corrected chi connectivity index (χ0v) is 12.6. The van der Waals surface area contributed by atoms with E-state index in [1.54, 1.807) is 6.92 Å². The van der Waals surface area contributed by atoms with Gasteiger partial charge in [0.05, 0.1) is 5.75 Å². The Kier molecular flexibility index (Phi) is 4.38. The lowest BCUT2D eigenvalue weighted by Crippen LogP contribution is -2.51. The van der Waals surface area contributed by atoms with Crippen LogP contribution in [0.25, 0.3) is 0 Å². The lowest BCUT2D eigenvalue weighted by Gasteiger charge is -2.31. The molecule has 1 amide bonds. The van der Waals surface area contributed by atoms with E-state index in [4.69, 9.17) is 0 Å². The van der Waals surface area contributed by atoms with Crippen LogP contribution in [-0.2, 0) is 9.59 Å². The van der Waals surface area contributed by atoms with Crippen molar-refractivity contribution >= 4 is 23.6 Å². The van der Waals surface area contributed by atoms with Crippen molar-refractivity contribution in [2.24, 2.45) is 0 Å². The molecule has 0 spiro atoms. The molecular formula is C15H19NO3S. The average molecular weight is 293 g/mol. The molecule has 1 unspecified atom stereocenters. The first-order valence-corrected chi connectivity index (χ1v) is 7.66. The molecule has 0 aliphatic carbocycles. The summed E-state index contributed by atoms with van der Waals surface area (Å²) in [7, 11) is 0. The smallest absolute Gasteiger partial charge is 0.329 e. The number of thioether (sulfide) groups is 1. The van der Waals surface area contributed by atoms with Crippen LogP contribution in [0.15, 0.2) is 29.2 Å². The van der Waals surface area contributed by atoms with Crippen molar-refractivity contribution in [3.05, 3.63) is 29.8 Å². The van der Waals surface area contributed by atoms with Gasteiger partial charge >= 0.3 is 5.97 Å². The number of carboxylic acids is 1. The molecule has 5 heteroatoms. The van der Waals surface area contributed by atoms with Gasteiger partial charge in [-0.25, -0.2) is 4.79 Å². The predicted octanol–water partition coefficient (Wildman–Crippen LogP) is 2.55. The average Bonchev–Trinajstić information content (AvgIpc) is 2.81. The molecule has 1 saturated heterocycles. The molecule has 1 atom stereocenters. The number of carboxylic acid groups (broad SMARTS) is 1. The summed E-state index contributed by atoms with van der Waals surface area (Å²) in [4.78, 5) is 26.2. The molecule has 4 nitrogen and oxygen atoms in total. The molecule has 1 aromatic rings. The zero-order chi connectivity index (χ0) is 14.8. The van der Waals surface area contributed by atoms with Crippen LogP contribution < -0.4 is 0 Å². The Labute approximate surface area is 123 Å². The third kappa shape index (κ3) is 2.82. The Balaban J connectivity index is 2.02. The lowest BCUT2D eigenvalue weighted by molar-refractivity contribution is -0.154. The minimum atomic E-state index is -1.04. The summed E-state index contributed by atoms with van der Waals surface area (Å²) < 4.78 is 0.